The van der Waals surface area contributed by atoms with Crippen molar-refractivity contribution in [3.63, 3.8) is 0 Å². The zero-order chi connectivity index (χ0) is 20.4. The zero-order valence-electron chi connectivity index (χ0n) is 16.7. The lowest BCUT2D eigenvalue weighted by Crippen LogP contribution is -1.97. The molecule has 29 heavy (non-hydrogen) atoms. The van der Waals surface area contributed by atoms with Crippen LogP contribution in [0.2, 0.25) is 0 Å². The Kier molecular flexibility index (Phi) is 6.84. The predicted octanol–water partition coefficient (Wildman–Crippen LogP) is 7.69. The van der Waals surface area contributed by atoms with Crippen LogP contribution >= 0.6 is 46.2 Å². The maximum absolute atomic E-state index is 12.9. The number of carbonyl (C=O) groups is 2. The number of thiophene rings is 2. The van der Waals surface area contributed by atoms with Crippen molar-refractivity contribution >= 4 is 67.6 Å². The number of hydrogen-bond acceptors (Lipinski definition) is 6. The summed E-state index contributed by atoms with van der Waals surface area (Å²) in [5.74, 6) is 0. The molecule has 2 aromatic heterocycles. The Balaban J connectivity index is 1.59. The van der Waals surface area contributed by atoms with Crippen molar-refractivity contribution in [1.82, 2.24) is 0 Å². The molecule has 0 bridgehead atoms. The van der Waals surface area contributed by atoms with E-state index in [1.165, 1.54) is 61.2 Å². The first-order valence-electron chi connectivity index (χ1n) is 10.2. The normalized spacial score (nSPS) is 16.5. The molecule has 2 nitrogen and oxygen atoms in total. The SMILES string of the molecule is CCCCCCCCc1ccsc1C1=C2SC(=O)C(c3sccc3C)=C2SC1=O. The quantitative estimate of drug-likeness (QED) is 0.359. The van der Waals surface area contributed by atoms with Crippen LogP contribution in [-0.4, -0.2) is 10.2 Å². The summed E-state index contributed by atoms with van der Waals surface area (Å²) in [6.07, 6.45) is 8.60. The first-order chi connectivity index (χ1) is 14.1. The molecule has 0 amide bonds. The zero-order valence-corrected chi connectivity index (χ0v) is 20.0. The van der Waals surface area contributed by atoms with Crippen molar-refractivity contribution in [2.24, 2.45) is 0 Å². The van der Waals surface area contributed by atoms with Crippen molar-refractivity contribution in [2.75, 3.05) is 0 Å². The monoisotopic (exact) mass is 460 g/mol. The molecule has 152 valence electrons. The third-order valence-electron chi connectivity index (χ3n) is 5.32. The molecule has 0 radical (unpaired) electrons. The maximum Gasteiger partial charge on any atom is 0.226 e. The van der Waals surface area contributed by atoms with Gasteiger partial charge in [0, 0.05) is 19.6 Å². The lowest BCUT2D eigenvalue weighted by molar-refractivity contribution is -0.106. The summed E-state index contributed by atoms with van der Waals surface area (Å²) in [6, 6.07) is 4.19. The Morgan fingerprint density at radius 1 is 0.759 bits per heavy atom. The van der Waals surface area contributed by atoms with E-state index in [9.17, 15) is 9.59 Å². The minimum absolute atomic E-state index is 0.0760. The third kappa shape index (κ3) is 4.22. The van der Waals surface area contributed by atoms with Crippen molar-refractivity contribution in [3.8, 4) is 0 Å². The molecule has 0 spiro atoms. The minimum atomic E-state index is 0.0760. The smallest absolute Gasteiger partial charge is 0.226 e. The second kappa shape index (κ2) is 9.38. The van der Waals surface area contributed by atoms with Crippen LogP contribution in [0.1, 0.15) is 66.3 Å². The molecule has 6 heteroatoms. The number of thioether (sulfide) groups is 2. The van der Waals surface area contributed by atoms with E-state index in [-0.39, 0.29) is 10.2 Å². The molecule has 2 aliphatic heterocycles. The highest BCUT2D eigenvalue weighted by Gasteiger charge is 2.42. The van der Waals surface area contributed by atoms with Crippen molar-refractivity contribution < 1.29 is 9.59 Å². The van der Waals surface area contributed by atoms with Crippen LogP contribution in [0.5, 0.6) is 0 Å². The van der Waals surface area contributed by atoms with E-state index in [2.05, 4.69) is 18.4 Å². The van der Waals surface area contributed by atoms with Crippen LogP contribution in [-0.2, 0) is 16.0 Å². The van der Waals surface area contributed by atoms with Gasteiger partial charge >= 0.3 is 0 Å². The topological polar surface area (TPSA) is 34.1 Å². The van der Waals surface area contributed by atoms with Gasteiger partial charge in [0.15, 0.2) is 0 Å². The Morgan fingerprint density at radius 2 is 1.34 bits per heavy atom. The van der Waals surface area contributed by atoms with Gasteiger partial charge in [-0.05, 0) is 77.3 Å². The Bertz CT molecular complexity index is 1010. The highest BCUT2D eigenvalue weighted by Crippen LogP contribution is 2.58. The van der Waals surface area contributed by atoms with Crippen molar-refractivity contribution in [3.05, 3.63) is 53.6 Å². The Labute approximate surface area is 188 Å². The lowest BCUT2D eigenvalue weighted by Gasteiger charge is -2.05. The molecule has 0 aliphatic carbocycles. The molecule has 0 N–H and O–H groups in total. The summed E-state index contributed by atoms with van der Waals surface area (Å²) in [5, 5.41) is 4.26. The van der Waals surface area contributed by atoms with Crippen LogP contribution in [0.15, 0.2) is 32.7 Å². The Morgan fingerprint density at radius 3 is 2.00 bits per heavy atom. The molecular weight excluding hydrogens is 437 g/mol. The predicted molar refractivity (Wildman–Crippen MR) is 129 cm³/mol. The molecule has 4 heterocycles. The second-order valence-electron chi connectivity index (χ2n) is 7.41. The van der Waals surface area contributed by atoms with E-state index in [4.69, 9.17) is 0 Å². The van der Waals surface area contributed by atoms with Gasteiger partial charge in [0.1, 0.15) is 0 Å². The Hall–Kier alpha value is -1.08. The first kappa shape index (κ1) is 21.2. The van der Waals surface area contributed by atoms with E-state index in [0.29, 0.717) is 0 Å². The van der Waals surface area contributed by atoms with Gasteiger partial charge in [-0.25, -0.2) is 0 Å². The summed E-state index contributed by atoms with van der Waals surface area (Å²) in [5.41, 5.74) is 3.87. The van der Waals surface area contributed by atoms with Crippen LogP contribution < -0.4 is 0 Å². The van der Waals surface area contributed by atoms with E-state index in [1.807, 2.05) is 18.4 Å². The maximum atomic E-state index is 12.9. The molecule has 0 aromatic carbocycles. The second-order valence-corrected chi connectivity index (χ2v) is 11.2. The fourth-order valence-electron chi connectivity index (χ4n) is 3.76. The molecule has 0 atom stereocenters. The van der Waals surface area contributed by atoms with E-state index >= 15 is 0 Å². The van der Waals surface area contributed by atoms with Crippen LogP contribution in [0, 0.1) is 6.92 Å². The van der Waals surface area contributed by atoms with Crippen LogP contribution in [0.25, 0.3) is 11.1 Å². The lowest BCUT2D eigenvalue weighted by atomic mass is 10.0. The standard InChI is InChI=1S/C23H24O2S4/c1-3-4-5-6-7-8-9-15-11-13-27-19(15)17-21-20(28-23(17)25)16(22(24)29-21)18-14(2)10-12-26-18/h10-13H,3-9H2,1-2H3. The summed E-state index contributed by atoms with van der Waals surface area (Å²) in [6.45, 7) is 4.27. The highest BCUT2D eigenvalue weighted by atomic mass is 32.2. The van der Waals surface area contributed by atoms with Crippen LogP contribution in [0.4, 0.5) is 0 Å². The largest absolute Gasteiger partial charge is 0.281 e. The molecule has 2 aromatic rings. The molecule has 2 aliphatic rings. The fraction of sp³-hybridized carbons (Fsp3) is 0.391. The van der Waals surface area contributed by atoms with E-state index in [0.717, 1.165) is 49.1 Å². The summed E-state index contributed by atoms with van der Waals surface area (Å²) < 4.78 is 0. The summed E-state index contributed by atoms with van der Waals surface area (Å²) in [4.78, 5) is 29.6. The van der Waals surface area contributed by atoms with Gasteiger partial charge in [0.25, 0.3) is 0 Å². The first-order valence-corrected chi connectivity index (χ1v) is 13.6. The molecule has 0 fully saturated rings. The fourth-order valence-corrected chi connectivity index (χ4v) is 8.34. The van der Waals surface area contributed by atoms with Gasteiger partial charge in [0.05, 0.1) is 11.1 Å². The highest BCUT2D eigenvalue weighted by molar-refractivity contribution is 8.25. The van der Waals surface area contributed by atoms with Gasteiger partial charge < -0.3 is 0 Å². The van der Waals surface area contributed by atoms with Gasteiger partial charge in [-0.2, -0.15) is 0 Å². The van der Waals surface area contributed by atoms with Gasteiger partial charge in [-0.1, -0.05) is 39.0 Å². The van der Waals surface area contributed by atoms with Gasteiger partial charge in [-0.15, -0.1) is 22.7 Å². The minimum Gasteiger partial charge on any atom is -0.281 e. The van der Waals surface area contributed by atoms with E-state index in [1.54, 1.807) is 22.7 Å². The number of unbranched alkanes of at least 4 members (excludes halogenated alkanes) is 5. The molecule has 0 saturated heterocycles. The molecule has 4 rings (SSSR count). The van der Waals surface area contributed by atoms with E-state index < -0.39 is 0 Å². The summed E-state index contributed by atoms with van der Waals surface area (Å²) >= 11 is 5.71. The average molecular weight is 461 g/mol. The molecular formula is C23H24O2S4. The van der Waals surface area contributed by atoms with Gasteiger partial charge in [0.2, 0.25) is 10.2 Å². The number of carbonyl (C=O) groups excluding carboxylic acids is 2. The number of fused-ring (bicyclic) bond motifs is 1. The van der Waals surface area contributed by atoms with Gasteiger partial charge in [-0.3, -0.25) is 9.59 Å². The number of rotatable bonds is 9. The molecule has 0 saturated carbocycles. The average Bonchev–Trinajstić information content (AvgIpc) is 3.44. The third-order valence-corrected chi connectivity index (χ3v) is 9.46. The number of hydrogen-bond donors (Lipinski definition) is 0. The van der Waals surface area contributed by atoms with Crippen LogP contribution in [0.3, 0.4) is 0 Å². The van der Waals surface area contributed by atoms with Crippen molar-refractivity contribution in [2.45, 2.75) is 58.8 Å². The number of aryl methyl sites for hydroxylation is 2. The van der Waals surface area contributed by atoms with Crippen molar-refractivity contribution in [1.29, 1.82) is 0 Å². The summed E-state index contributed by atoms with van der Waals surface area (Å²) in [7, 11) is 0. The molecule has 0 unspecified atom stereocenters.